The summed E-state index contributed by atoms with van der Waals surface area (Å²) in [5.41, 5.74) is 5.79. The first-order valence-corrected chi connectivity index (χ1v) is 11.6. The number of thiophene rings is 1. The quantitative estimate of drug-likeness (QED) is 0.293. The Morgan fingerprint density at radius 2 is 1.85 bits per heavy atom. The summed E-state index contributed by atoms with van der Waals surface area (Å²) in [7, 11) is 0. The Kier molecular flexibility index (Phi) is 5.01. The number of pyridine rings is 1. The maximum Gasteiger partial charge on any atom is 0.258 e. The number of hydrogen-bond acceptors (Lipinski definition) is 5. The van der Waals surface area contributed by atoms with E-state index in [1.54, 1.807) is 29.9 Å². The van der Waals surface area contributed by atoms with Gasteiger partial charge in [0.1, 0.15) is 5.69 Å². The van der Waals surface area contributed by atoms with Gasteiger partial charge in [0, 0.05) is 10.9 Å². The van der Waals surface area contributed by atoms with Gasteiger partial charge in [-0.15, -0.1) is 0 Å². The van der Waals surface area contributed by atoms with Gasteiger partial charge in [-0.25, -0.2) is 9.97 Å². The highest BCUT2D eigenvalue weighted by molar-refractivity contribution is 7.08. The van der Waals surface area contributed by atoms with Crippen molar-refractivity contribution in [1.82, 2.24) is 15.0 Å². The van der Waals surface area contributed by atoms with Gasteiger partial charge in [0.15, 0.2) is 5.76 Å². The molecule has 4 heterocycles. The van der Waals surface area contributed by atoms with E-state index >= 15 is 0 Å². The molecule has 34 heavy (non-hydrogen) atoms. The molecule has 0 radical (unpaired) electrons. The average Bonchev–Trinajstić information content (AvgIpc) is 3.66. The van der Waals surface area contributed by atoms with Gasteiger partial charge in [-0.3, -0.25) is 10.1 Å². The summed E-state index contributed by atoms with van der Waals surface area (Å²) in [5.74, 6) is 0.720. The van der Waals surface area contributed by atoms with Crippen LogP contribution in [0, 0.1) is 0 Å². The molecule has 1 amide bonds. The van der Waals surface area contributed by atoms with E-state index in [2.05, 4.69) is 26.7 Å². The van der Waals surface area contributed by atoms with Gasteiger partial charge in [0.05, 0.1) is 29.2 Å². The van der Waals surface area contributed by atoms with E-state index in [1.165, 1.54) is 0 Å². The van der Waals surface area contributed by atoms with Crippen molar-refractivity contribution < 1.29 is 9.21 Å². The van der Waals surface area contributed by atoms with Gasteiger partial charge in [-0.2, -0.15) is 11.3 Å². The van der Waals surface area contributed by atoms with Crippen LogP contribution in [0.2, 0.25) is 0 Å². The molecule has 0 atom stereocenters. The summed E-state index contributed by atoms with van der Waals surface area (Å²) in [4.78, 5) is 25.7. The Morgan fingerprint density at radius 3 is 2.65 bits per heavy atom. The number of fused-ring (bicyclic) bond motifs is 1. The Bertz CT molecular complexity index is 1590. The molecule has 164 valence electrons. The third-order valence-electron chi connectivity index (χ3n) is 5.57. The van der Waals surface area contributed by atoms with Crippen molar-refractivity contribution in [2.45, 2.75) is 0 Å². The zero-order valence-corrected chi connectivity index (χ0v) is 18.7. The highest BCUT2D eigenvalue weighted by Crippen LogP contribution is 2.30. The van der Waals surface area contributed by atoms with Crippen LogP contribution in [0.4, 0.5) is 5.95 Å². The van der Waals surface area contributed by atoms with Crippen LogP contribution in [0.5, 0.6) is 0 Å². The molecular weight excluding hydrogens is 444 g/mol. The van der Waals surface area contributed by atoms with Crippen molar-refractivity contribution >= 4 is 34.1 Å². The molecular formula is C27H18N4O2S. The molecule has 0 aliphatic heterocycles. The average molecular weight is 463 g/mol. The number of amides is 1. The summed E-state index contributed by atoms with van der Waals surface area (Å²) in [6.45, 7) is 0. The molecule has 0 aliphatic carbocycles. The minimum atomic E-state index is -0.271. The van der Waals surface area contributed by atoms with Crippen molar-refractivity contribution in [3.8, 4) is 33.8 Å². The van der Waals surface area contributed by atoms with Crippen LogP contribution >= 0.6 is 11.3 Å². The Balaban J connectivity index is 1.44. The number of furan rings is 1. The van der Waals surface area contributed by atoms with E-state index in [0.717, 1.165) is 33.3 Å². The van der Waals surface area contributed by atoms with Crippen molar-refractivity contribution in [1.29, 1.82) is 0 Å². The molecule has 0 aliphatic rings. The van der Waals surface area contributed by atoms with Crippen LogP contribution < -0.4 is 5.32 Å². The lowest BCUT2D eigenvalue weighted by molar-refractivity contribution is 0.102. The number of nitrogens with zero attached hydrogens (tertiary/aromatic N) is 2. The van der Waals surface area contributed by atoms with Crippen molar-refractivity contribution in [2.24, 2.45) is 0 Å². The lowest BCUT2D eigenvalue weighted by atomic mass is 10.00. The molecule has 0 spiro atoms. The number of aromatic nitrogens is 3. The molecule has 0 saturated heterocycles. The molecule has 6 rings (SSSR count). The van der Waals surface area contributed by atoms with E-state index < -0.39 is 0 Å². The number of imidazole rings is 1. The normalized spacial score (nSPS) is 11.1. The Hall–Kier alpha value is -4.49. The first kappa shape index (κ1) is 20.1. The topological polar surface area (TPSA) is 83.8 Å². The van der Waals surface area contributed by atoms with Crippen LogP contribution in [-0.2, 0) is 0 Å². The van der Waals surface area contributed by atoms with Gasteiger partial charge in [0.2, 0.25) is 5.95 Å². The fourth-order valence-electron chi connectivity index (χ4n) is 3.90. The summed E-state index contributed by atoms with van der Waals surface area (Å²) < 4.78 is 5.40. The van der Waals surface area contributed by atoms with Crippen LogP contribution in [-0.4, -0.2) is 20.9 Å². The standard InChI is InChI=1S/C27H18N4O2S/c32-26(31-27-28-15-24(30-27)25-7-4-11-33-25)21-14-23(17-5-2-1-3-6-17)29-22-9-8-18(13-20(21)22)19-10-12-34-16-19/h1-16H,(H2,28,30,31,32). The SMILES string of the molecule is O=C(Nc1ncc(-c2ccco2)[nH]1)c1cc(-c2ccccc2)nc2ccc(-c3ccsc3)cc12. The highest BCUT2D eigenvalue weighted by Gasteiger charge is 2.17. The monoisotopic (exact) mass is 462 g/mol. The number of anilines is 1. The molecule has 0 bridgehead atoms. The second kappa shape index (κ2) is 8.46. The van der Waals surface area contributed by atoms with Gasteiger partial charge in [-0.1, -0.05) is 36.4 Å². The predicted octanol–water partition coefficient (Wildman–Crippen LogP) is 6.87. The summed E-state index contributed by atoms with van der Waals surface area (Å²) in [6.07, 6.45) is 3.22. The van der Waals surface area contributed by atoms with Gasteiger partial charge in [0.25, 0.3) is 5.91 Å². The zero-order chi connectivity index (χ0) is 22.9. The lowest BCUT2D eigenvalue weighted by Gasteiger charge is -2.11. The minimum Gasteiger partial charge on any atom is -0.463 e. The largest absolute Gasteiger partial charge is 0.463 e. The van der Waals surface area contributed by atoms with E-state index in [9.17, 15) is 4.79 Å². The third-order valence-corrected chi connectivity index (χ3v) is 6.25. The number of carbonyl (C=O) groups excluding carboxylic acids is 1. The van der Waals surface area contributed by atoms with Crippen LogP contribution in [0.1, 0.15) is 10.4 Å². The summed E-state index contributed by atoms with van der Waals surface area (Å²) >= 11 is 1.64. The Morgan fingerprint density at radius 1 is 0.941 bits per heavy atom. The number of benzene rings is 2. The maximum absolute atomic E-state index is 13.5. The molecule has 6 aromatic rings. The van der Waals surface area contributed by atoms with Gasteiger partial charge >= 0.3 is 0 Å². The number of aromatic amines is 1. The second-order valence-corrected chi connectivity index (χ2v) is 8.52. The number of H-pyrrole nitrogens is 1. The van der Waals surface area contributed by atoms with Crippen molar-refractivity contribution in [2.75, 3.05) is 5.32 Å². The highest BCUT2D eigenvalue weighted by atomic mass is 32.1. The van der Waals surface area contributed by atoms with Gasteiger partial charge < -0.3 is 9.40 Å². The zero-order valence-electron chi connectivity index (χ0n) is 17.9. The van der Waals surface area contributed by atoms with E-state index in [1.807, 2.05) is 66.0 Å². The molecule has 2 aromatic carbocycles. The van der Waals surface area contributed by atoms with E-state index in [-0.39, 0.29) is 5.91 Å². The lowest BCUT2D eigenvalue weighted by Crippen LogP contribution is -2.14. The number of nitrogens with one attached hydrogen (secondary N) is 2. The van der Waals surface area contributed by atoms with Crippen LogP contribution in [0.15, 0.2) is 100 Å². The summed E-state index contributed by atoms with van der Waals surface area (Å²) in [6, 6.07) is 23.4. The van der Waals surface area contributed by atoms with Crippen molar-refractivity contribution in [3.05, 3.63) is 102 Å². The first-order valence-electron chi connectivity index (χ1n) is 10.7. The molecule has 0 unspecified atom stereocenters. The molecule has 0 fully saturated rings. The van der Waals surface area contributed by atoms with Crippen LogP contribution in [0.3, 0.4) is 0 Å². The molecule has 6 nitrogen and oxygen atoms in total. The maximum atomic E-state index is 13.5. The smallest absolute Gasteiger partial charge is 0.258 e. The number of hydrogen-bond donors (Lipinski definition) is 2. The van der Waals surface area contributed by atoms with E-state index in [4.69, 9.17) is 9.40 Å². The van der Waals surface area contributed by atoms with Crippen molar-refractivity contribution in [3.63, 3.8) is 0 Å². The second-order valence-electron chi connectivity index (χ2n) is 7.74. The van der Waals surface area contributed by atoms with E-state index in [0.29, 0.717) is 23.0 Å². The van der Waals surface area contributed by atoms with Crippen LogP contribution in [0.25, 0.3) is 44.7 Å². The minimum absolute atomic E-state index is 0.271. The Labute approximate surface area is 199 Å². The third kappa shape index (κ3) is 3.78. The molecule has 7 heteroatoms. The van der Waals surface area contributed by atoms with Gasteiger partial charge in [-0.05, 0) is 58.3 Å². The molecule has 4 aromatic heterocycles. The first-order chi connectivity index (χ1) is 16.7. The fraction of sp³-hybridized carbons (Fsp3) is 0. The fourth-order valence-corrected chi connectivity index (χ4v) is 4.56. The number of carbonyl (C=O) groups is 1. The predicted molar refractivity (Wildman–Crippen MR) is 135 cm³/mol. The molecule has 0 saturated carbocycles. The summed E-state index contributed by atoms with van der Waals surface area (Å²) in [5, 5.41) is 7.80. The molecule has 2 N–H and O–H groups in total. The number of rotatable bonds is 5.